The molecule has 1 saturated heterocycles. The molecule has 6 nitrogen and oxygen atoms in total. The number of nitrogens with zero attached hydrogens (tertiary/aromatic N) is 2. The van der Waals surface area contributed by atoms with Gasteiger partial charge in [0.25, 0.3) is 5.91 Å². The van der Waals surface area contributed by atoms with Crippen LogP contribution in [0.3, 0.4) is 0 Å². The van der Waals surface area contributed by atoms with Crippen molar-refractivity contribution >= 4 is 17.5 Å². The number of nitrogens with one attached hydrogen (secondary N) is 1. The van der Waals surface area contributed by atoms with E-state index in [2.05, 4.69) is 5.32 Å². The third-order valence-corrected chi connectivity index (χ3v) is 4.36. The van der Waals surface area contributed by atoms with E-state index >= 15 is 0 Å². The maximum Gasteiger partial charge on any atom is 0.253 e. The summed E-state index contributed by atoms with van der Waals surface area (Å²) in [5.74, 6) is 0.487. The lowest BCUT2D eigenvalue weighted by Gasteiger charge is -2.29. The molecule has 1 aromatic carbocycles. The molecule has 0 aromatic heterocycles. The molecule has 0 atom stereocenters. The Bertz CT molecular complexity index is 566. The molecule has 0 bridgehead atoms. The molecule has 1 aromatic rings. The molecule has 25 heavy (non-hydrogen) atoms. The zero-order valence-corrected chi connectivity index (χ0v) is 15.5. The van der Waals surface area contributed by atoms with Crippen LogP contribution in [-0.2, 0) is 9.53 Å². The zero-order valence-electron chi connectivity index (χ0n) is 15.5. The van der Waals surface area contributed by atoms with E-state index in [0.717, 1.165) is 32.6 Å². The highest BCUT2D eigenvalue weighted by molar-refractivity contribution is 5.96. The number of anilines is 1. The number of hydrogen-bond donors (Lipinski definition) is 1. The molecule has 1 N–H and O–H groups in total. The van der Waals surface area contributed by atoms with Gasteiger partial charge in [-0.2, -0.15) is 0 Å². The summed E-state index contributed by atoms with van der Waals surface area (Å²) in [6.45, 7) is 5.38. The highest BCUT2D eigenvalue weighted by Crippen LogP contribution is 2.18. The average Bonchev–Trinajstić information content (AvgIpc) is 2.60. The van der Waals surface area contributed by atoms with Gasteiger partial charge in [-0.25, -0.2) is 0 Å². The Labute approximate surface area is 150 Å². The van der Waals surface area contributed by atoms with Crippen molar-refractivity contribution < 1.29 is 14.3 Å². The van der Waals surface area contributed by atoms with Crippen molar-refractivity contribution in [3.8, 4) is 0 Å². The second kappa shape index (κ2) is 9.53. The minimum atomic E-state index is -0.0706. The Morgan fingerprint density at radius 2 is 1.80 bits per heavy atom. The SMILES string of the molecule is CCN(CC1CCOCC1)C(=O)c1ccc(NC(=O)CN(C)C)cc1. The van der Waals surface area contributed by atoms with Gasteiger partial charge in [-0.1, -0.05) is 0 Å². The molecule has 0 spiro atoms. The van der Waals surface area contributed by atoms with Crippen LogP contribution in [0.4, 0.5) is 5.69 Å². The first kappa shape index (κ1) is 19.4. The van der Waals surface area contributed by atoms with Crippen LogP contribution in [0.25, 0.3) is 0 Å². The summed E-state index contributed by atoms with van der Waals surface area (Å²) in [5, 5.41) is 2.83. The van der Waals surface area contributed by atoms with Gasteiger partial charge in [0.05, 0.1) is 6.54 Å². The van der Waals surface area contributed by atoms with Crippen molar-refractivity contribution in [2.75, 3.05) is 52.3 Å². The van der Waals surface area contributed by atoms with Crippen LogP contribution < -0.4 is 5.32 Å². The van der Waals surface area contributed by atoms with Gasteiger partial charge in [-0.05, 0) is 64.0 Å². The lowest BCUT2D eigenvalue weighted by atomic mass is 9.99. The van der Waals surface area contributed by atoms with Crippen molar-refractivity contribution in [3.05, 3.63) is 29.8 Å². The Kier molecular flexibility index (Phi) is 7.40. The van der Waals surface area contributed by atoms with Crippen molar-refractivity contribution in [2.24, 2.45) is 5.92 Å². The average molecular weight is 347 g/mol. The third kappa shape index (κ3) is 6.14. The number of carbonyl (C=O) groups is 2. The van der Waals surface area contributed by atoms with Crippen LogP contribution >= 0.6 is 0 Å². The quantitative estimate of drug-likeness (QED) is 0.820. The second-order valence-electron chi connectivity index (χ2n) is 6.76. The molecule has 0 saturated carbocycles. The van der Waals surface area contributed by atoms with E-state index in [-0.39, 0.29) is 11.8 Å². The fourth-order valence-electron chi connectivity index (χ4n) is 2.96. The van der Waals surface area contributed by atoms with Crippen molar-refractivity contribution in [1.82, 2.24) is 9.80 Å². The summed E-state index contributed by atoms with van der Waals surface area (Å²) >= 11 is 0. The Morgan fingerprint density at radius 3 is 2.36 bits per heavy atom. The maximum atomic E-state index is 12.7. The van der Waals surface area contributed by atoms with E-state index in [1.807, 2.05) is 30.8 Å². The van der Waals surface area contributed by atoms with Crippen LogP contribution in [-0.4, -0.2) is 68.6 Å². The summed E-state index contributed by atoms with van der Waals surface area (Å²) in [6.07, 6.45) is 2.03. The number of rotatable bonds is 7. The summed E-state index contributed by atoms with van der Waals surface area (Å²) in [5.41, 5.74) is 1.36. The fraction of sp³-hybridized carbons (Fsp3) is 0.579. The zero-order chi connectivity index (χ0) is 18.2. The molecule has 0 radical (unpaired) electrons. The third-order valence-electron chi connectivity index (χ3n) is 4.36. The minimum Gasteiger partial charge on any atom is -0.381 e. The van der Waals surface area contributed by atoms with Gasteiger partial charge in [0.15, 0.2) is 0 Å². The number of amides is 2. The molecular weight excluding hydrogens is 318 g/mol. The van der Waals surface area contributed by atoms with Gasteiger partial charge in [-0.15, -0.1) is 0 Å². The molecule has 1 aliphatic rings. The first-order valence-electron chi connectivity index (χ1n) is 8.91. The molecule has 0 aliphatic carbocycles. The Hall–Kier alpha value is -1.92. The van der Waals surface area contributed by atoms with E-state index in [0.29, 0.717) is 30.3 Å². The van der Waals surface area contributed by atoms with Crippen LogP contribution in [0.15, 0.2) is 24.3 Å². The van der Waals surface area contributed by atoms with Crippen molar-refractivity contribution in [1.29, 1.82) is 0 Å². The fourth-order valence-corrected chi connectivity index (χ4v) is 2.96. The van der Waals surface area contributed by atoms with Gasteiger partial charge in [0, 0.05) is 37.6 Å². The highest BCUT2D eigenvalue weighted by atomic mass is 16.5. The summed E-state index contributed by atoms with van der Waals surface area (Å²) in [6, 6.07) is 7.12. The van der Waals surface area contributed by atoms with Gasteiger partial charge in [0.1, 0.15) is 0 Å². The van der Waals surface area contributed by atoms with Gasteiger partial charge < -0.3 is 19.9 Å². The predicted octanol–water partition coefficient (Wildman–Crippen LogP) is 2.08. The maximum absolute atomic E-state index is 12.7. The second-order valence-corrected chi connectivity index (χ2v) is 6.76. The molecule has 0 unspecified atom stereocenters. The standard InChI is InChI=1S/C19H29N3O3/c1-4-22(13-15-9-11-25-12-10-15)19(24)16-5-7-17(8-6-16)20-18(23)14-21(2)3/h5-8,15H,4,9-14H2,1-3H3,(H,20,23). The minimum absolute atomic E-state index is 0.0418. The number of carbonyl (C=O) groups excluding carboxylic acids is 2. The largest absolute Gasteiger partial charge is 0.381 e. The molecular formula is C19H29N3O3. The summed E-state index contributed by atoms with van der Waals surface area (Å²) in [7, 11) is 3.69. The topological polar surface area (TPSA) is 61.9 Å². The molecule has 2 rings (SSSR count). The van der Waals surface area contributed by atoms with E-state index in [1.54, 1.807) is 24.3 Å². The van der Waals surface area contributed by atoms with E-state index in [9.17, 15) is 9.59 Å². The monoisotopic (exact) mass is 347 g/mol. The van der Waals surface area contributed by atoms with Crippen LogP contribution in [0.1, 0.15) is 30.1 Å². The van der Waals surface area contributed by atoms with Crippen LogP contribution in [0.2, 0.25) is 0 Å². The van der Waals surface area contributed by atoms with E-state index in [1.165, 1.54) is 0 Å². The number of hydrogen-bond acceptors (Lipinski definition) is 4. The normalized spacial score (nSPS) is 15.2. The summed E-state index contributed by atoms with van der Waals surface area (Å²) < 4.78 is 5.39. The van der Waals surface area contributed by atoms with Crippen LogP contribution in [0, 0.1) is 5.92 Å². The lowest BCUT2D eigenvalue weighted by molar-refractivity contribution is -0.116. The van der Waals surface area contributed by atoms with Gasteiger partial charge in [0.2, 0.25) is 5.91 Å². The van der Waals surface area contributed by atoms with Crippen molar-refractivity contribution in [3.63, 3.8) is 0 Å². The highest BCUT2D eigenvalue weighted by Gasteiger charge is 2.21. The van der Waals surface area contributed by atoms with E-state index < -0.39 is 0 Å². The number of ether oxygens (including phenoxy) is 1. The molecule has 138 valence electrons. The molecule has 1 aliphatic heterocycles. The predicted molar refractivity (Wildman–Crippen MR) is 98.7 cm³/mol. The van der Waals surface area contributed by atoms with E-state index in [4.69, 9.17) is 4.74 Å². The van der Waals surface area contributed by atoms with Gasteiger partial charge >= 0.3 is 0 Å². The molecule has 2 amide bonds. The Morgan fingerprint density at radius 1 is 1.16 bits per heavy atom. The molecule has 6 heteroatoms. The molecule has 1 heterocycles. The Balaban J connectivity index is 1.94. The first-order valence-corrected chi connectivity index (χ1v) is 8.91. The van der Waals surface area contributed by atoms with Crippen LogP contribution in [0.5, 0.6) is 0 Å². The summed E-state index contributed by atoms with van der Waals surface area (Å²) in [4.78, 5) is 28.2. The number of benzene rings is 1. The van der Waals surface area contributed by atoms with Gasteiger partial charge in [-0.3, -0.25) is 9.59 Å². The lowest BCUT2D eigenvalue weighted by Crippen LogP contribution is -2.37. The number of likely N-dealkylation sites (N-methyl/N-ethyl adjacent to an activating group) is 1. The first-order chi connectivity index (χ1) is 12.0. The smallest absolute Gasteiger partial charge is 0.253 e. The van der Waals surface area contributed by atoms with Crippen molar-refractivity contribution in [2.45, 2.75) is 19.8 Å². The molecule has 1 fully saturated rings.